The van der Waals surface area contributed by atoms with Crippen molar-refractivity contribution in [3.8, 4) is 0 Å². The summed E-state index contributed by atoms with van der Waals surface area (Å²) < 4.78 is 0. The molecule has 0 bridgehead atoms. The highest BCUT2D eigenvalue weighted by Gasteiger charge is 2.04. The molecule has 1 aromatic heterocycles. The predicted octanol–water partition coefficient (Wildman–Crippen LogP) is 2.39. The predicted molar refractivity (Wildman–Crippen MR) is 50.6 cm³/mol. The lowest BCUT2D eigenvalue weighted by Gasteiger charge is -2.04. The zero-order valence-corrected chi connectivity index (χ0v) is 7.97. The van der Waals surface area contributed by atoms with Crippen LogP contribution in [0.15, 0.2) is 23.4 Å². The lowest BCUT2D eigenvalue weighted by Crippen LogP contribution is -1.93. The zero-order valence-electron chi connectivity index (χ0n) is 7.15. The monoisotopic (exact) mass is 181 g/mol. The van der Waals surface area contributed by atoms with E-state index in [2.05, 4.69) is 18.8 Å². The molecular formula is C9H11NOS. The van der Waals surface area contributed by atoms with Gasteiger partial charge in [-0.1, -0.05) is 13.8 Å². The van der Waals surface area contributed by atoms with Gasteiger partial charge in [0.1, 0.15) is 5.03 Å². The van der Waals surface area contributed by atoms with Gasteiger partial charge in [-0.25, -0.2) is 4.98 Å². The maximum Gasteiger partial charge on any atom is 0.152 e. The molecule has 3 heteroatoms. The first-order valence-corrected chi connectivity index (χ1v) is 4.69. The minimum absolute atomic E-state index is 0.457. The van der Waals surface area contributed by atoms with E-state index in [1.165, 1.54) is 0 Å². The number of carbonyl (C=O) groups is 1. The second-order valence-corrected chi connectivity index (χ2v) is 4.25. The molecule has 0 fully saturated rings. The smallest absolute Gasteiger partial charge is 0.152 e. The quantitative estimate of drug-likeness (QED) is 0.529. The average molecular weight is 181 g/mol. The number of hydrogen-bond acceptors (Lipinski definition) is 3. The summed E-state index contributed by atoms with van der Waals surface area (Å²) in [5.74, 6) is 0. The summed E-state index contributed by atoms with van der Waals surface area (Å²) >= 11 is 1.61. The molecule has 0 spiro atoms. The van der Waals surface area contributed by atoms with Crippen molar-refractivity contribution in [1.29, 1.82) is 0 Å². The average Bonchev–Trinajstić information content (AvgIpc) is 2.04. The Morgan fingerprint density at radius 3 is 2.92 bits per heavy atom. The van der Waals surface area contributed by atoms with Gasteiger partial charge in [0, 0.05) is 17.0 Å². The highest BCUT2D eigenvalue weighted by atomic mass is 32.2. The summed E-state index contributed by atoms with van der Waals surface area (Å²) in [5, 5.41) is 1.28. The molecule has 0 aromatic carbocycles. The van der Waals surface area contributed by atoms with Crippen molar-refractivity contribution < 1.29 is 4.79 Å². The molecule has 0 aliphatic heterocycles. The van der Waals surface area contributed by atoms with Gasteiger partial charge >= 0.3 is 0 Å². The van der Waals surface area contributed by atoms with Gasteiger partial charge in [-0.3, -0.25) is 4.79 Å². The van der Waals surface area contributed by atoms with Gasteiger partial charge in [0.15, 0.2) is 6.29 Å². The second kappa shape index (κ2) is 4.26. The molecule has 0 aliphatic rings. The van der Waals surface area contributed by atoms with E-state index < -0.39 is 0 Å². The molecule has 64 valence electrons. The molecule has 0 saturated carbocycles. The van der Waals surface area contributed by atoms with Crippen molar-refractivity contribution in [3.63, 3.8) is 0 Å². The van der Waals surface area contributed by atoms with Crippen LogP contribution in [0.4, 0.5) is 0 Å². The first kappa shape index (κ1) is 9.26. The van der Waals surface area contributed by atoms with Crippen LogP contribution in [0.5, 0.6) is 0 Å². The molecule has 1 aromatic rings. The van der Waals surface area contributed by atoms with Crippen molar-refractivity contribution in [2.45, 2.75) is 24.1 Å². The van der Waals surface area contributed by atoms with Crippen LogP contribution in [0.2, 0.25) is 0 Å². The summed E-state index contributed by atoms with van der Waals surface area (Å²) in [6, 6.07) is 3.55. The second-order valence-electron chi connectivity index (χ2n) is 2.68. The third kappa shape index (κ3) is 2.34. The fourth-order valence-corrected chi connectivity index (χ4v) is 1.64. The largest absolute Gasteiger partial charge is 0.298 e. The summed E-state index contributed by atoms with van der Waals surface area (Å²) in [7, 11) is 0. The van der Waals surface area contributed by atoms with E-state index in [1.807, 2.05) is 0 Å². The van der Waals surface area contributed by atoms with Crippen LogP contribution in [0.3, 0.4) is 0 Å². The Hall–Kier alpha value is -0.830. The molecule has 0 unspecified atom stereocenters. The molecule has 0 saturated heterocycles. The number of nitrogens with zero attached hydrogens (tertiary/aromatic N) is 1. The maximum atomic E-state index is 10.6. The summed E-state index contributed by atoms with van der Waals surface area (Å²) in [5.41, 5.74) is 0.677. The van der Waals surface area contributed by atoms with Crippen LogP contribution in [0.1, 0.15) is 24.2 Å². The van der Waals surface area contributed by atoms with Crippen LogP contribution in [-0.2, 0) is 0 Å². The lowest BCUT2D eigenvalue weighted by molar-refractivity contribution is 0.112. The van der Waals surface area contributed by atoms with Gasteiger partial charge in [-0.2, -0.15) is 0 Å². The molecule has 0 atom stereocenters. The molecule has 2 nitrogen and oxygen atoms in total. The van der Waals surface area contributed by atoms with E-state index in [4.69, 9.17) is 0 Å². The Kier molecular flexibility index (Phi) is 3.29. The summed E-state index contributed by atoms with van der Waals surface area (Å²) in [6.45, 7) is 4.15. The Morgan fingerprint density at radius 2 is 2.33 bits per heavy atom. The minimum Gasteiger partial charge on any atom is -0.298 e. The van der Waals surface area contributed by atoms with Gasteiger partial charge in [0.2, 0.25) is 0 Å². The van der Waals surface area contributed by atoms with Crippen LogP contribution >= 0.6 is 11.8 Å². The van der Waals surface area contributed by atoms with E-state index in [0.717, 1.165) is 11.3 Å². The highest BCUT2D eigenvalue weighted by molar-refractivity contribution is 7.99. The lowest BCUT2D eigenvalue weighted by atomic mass is 10.3. The standard InChI is InChI=1S/C9H11NOS/c1-7(2)12-9-8(6-11)4-3-5-10-9/h3-7H,1-2H3. The fourth-order valence-electron chi connectivity index (χ4n) is 0.815. The van der Waals surface area contributed by atoms with E-state index in [-0.39, 0.29) is 0 Å². The van der Waals surface area contributed by atoms with Crippen molar-refractivity contribution in [2.75, 3.05) is 0 Å². The number of hydrogen-bond donors (Lipinski definition) is 0. The number of aromatic nitrogens is 1. The molecule has 1 heterocycles. The van der Waals surface area contributed by atoms with E-state index >= 15 is 0 Å². The molecule has 12 heavy (non-hydrogen) atoms. The molecule has 1 rings (SSSR count). The topological polar surface area (TPSA) is 30.0 Å². The van der Waals surface area contributed by atoms with Crippen molar-refractivity contribution in [3.05, 3.63) is 23.9 Å². The Labute approximate surface area is 76.4 Å². The highest BCUT2D eigenvalue weighted by Crippen LogP contribution is 2.22. The number of pyridine rings is 1. The molecule has 0 radical (unpaired) electrons. The van der Waals surface area contributed by atoms with Crippen molar-refractivity contribution in [2.24, 2.45) is 0 Å². The van der Waals surface area contributed by atoms with Crippen LogP contribution in [-0.4, -0.2) is 16.5 Å². The van der Waals surface area contributed by atoms with Gasteiger partial charge < -0.3 is 0 Å². The third-order valence-electron chi connectivity index (χ3n) is 1.27. The molecule has 0 amide bonds. The molecule has 0 N–H and O–H groups in total. The molecular weight excluding hydrogens is 170 g/mol. The third-order valence-corrected chi connectivity index (χ3v) is 2.31. The van der Waals surface area contributed by atoms with Gasteiger partial charge in [0.05, 0.1) is 0 Å². The normalized spacial score (nSPS) is 10.2. The molecule has 0 aliphatic carbocycles. The van der Waals surface area contributed by atoms with Gasteiger partial charge in [-0.15, -0.1) is 11.8 Å². The number of carbonyl (C=O) groups excluding carboxylic acids is 1. The number of rotatable bonds is 3. The van der Waals surface area contributed by atoms with E-state index in [9.17, 15) is 4.79 Å². The minimum atomic E-state index is 0.457. The van der Waals surface area contributed by atoms with Crippen LogP contribution in [0.25, 0.3) is 0 Å². The first-order valence-electron chi connectivity index (χ1n) is 3.81. The van der Waals surface area contributed by atoms with Crippen molar-refractivity contribution in [1.82, 2.24) is 4.98 Å². The Balaban J connectivity index is 2.89. The zero-order chi connectivity index (χ0) is 8.97. The first-order chi connectivity index (χ1) is 5.74. The van der Waals surface area contributed by atoms with E-state index in [0.29, 0.717) is 10.8 Å². The maximum absolute atomic E-state index is 10.6. The summed E-state index contributed by atoms with van der Waals surface area (Å²) in [4.78, 5) is 14.7. The van der Waals surface area contributed by atoms with Crippen LogP contribution in [0, 0.1) is 0 Å². The Morgan fingerprint density at radius 1 is 1.58 bits per heavy atom. The van der Waals surface area contributed by atoms with Gasteiger partial charge in [-0.05, 0) is 12.1 Å². The SMILES string of the molecule is CC(C)Sc1ncccc1C=O. The fraction of sp³-hybridized carbons (Fsp3) is 0.333. The van der Waals surface area contributed by atoms with Gasteiger partial charge in [0.25, 0.3) is 0 Å². The Bertz CT molecular complexity index is 273. The van der Waals surface area contributed by atoms with Crippen molar-refractivity contribution >= 4 is 18.0 Å². The van der Waals surface area contributed by atoms with E-state index in [1.54, 1.807) is 30.1 Å². The number of aldehydes is 1. The number of thioether (sulfide) groups is 1. The summed E-state index contributed by atoms with van der Waals surface area (Å²) in [6.07, 6.45) is 2.55. The van der Waals surface area contributed by atoms with Crippen LogP contribution < -0.4 is 0 Å².